The van der Waals surface area contributed by atoms with Crippen molar-refractivity contribution in [3.8, 4) is 11.5 Å². The van der Waals surface area contributed by atoms with Gasteiger partial charge in [0, 0.05) is 5.02 Å². The molecule has 2 aromatic rings. The van der Waals surface area contributed by atoms with Gasteiger partial charge in [-0.3, -0.25) is 0 Å². The maximum atomic E-state index is 9.45. The molecule has 2 rings (SSSR count). The number of hydrogen-bond donors (Lipinski definition) is 1. The lowest BCUT2D eigenvalue weighted by Crippen LogP contribution is -1.92. The van der Waals surface area contributed by atoms with E-state index in [1.807, 2.05) is 0 Å². The smallest absolute Gasteiger partial charge is 0.146 e. The van der Waals surface area contributed by atoms with Gasteiger partial charge in [0.1, 0.15) is 11.5 Å². The van der Waals surface area contributed by atoms with Crippen LogP contribution >= 0.6 is 23.2 Å². The molecule has 18 heavy (non-hydrogen) atoms. The first kappa shape index (κ1) is 13.2. The Hall–Kier alpha value is -1.22. The van der Waals surface area contributed by atoms with Crippen LogP contribution in [-0.2, 0) is 0 Å². The molecule has 1 atom stereocenters. The predicted octanol–water partition coefficient (Wildman–Crippen LogP) is 4.84. The first-order chi connectivity index (χ1) is 8.56. The molecule has 0 radical (unpaired) electrons. The zero-order valence-electron chi connectivity index (χ0n) is 9.73. The van der Waals surface area contributed by atoms with Gasteiger partial charge in [0.2, 0.25) is 0 Å². The molecule has 0 aromatic heterocycles. The van der Waals surface area contributed by atoms with Gasteiger partial charge in [-0.25, -0.2) is 0 Å². The summed E-state index contributed by atoms with van der Waals surface area (Å²) < 4.78 is 5.63. The van der Waals surface area contributed by atoms with Gasteiger partial charge in [-0.15, -0.1) is 0 Å². The SMILES string of the molecule is C[C@@H](O)c1ccc(Oc2ccc(Cl)cc2)c(Cl)c1. The van der Waals surface area contributed by atoms with E-state index in [0.717, 1.165) is 5.56 Å². The first-order valence-electron chi connectivity index (χ1n) is 5.47. The summed E-state index contributed by atoms with van der Waals surface area (Å²) >= 11 is 11.9. The molecule has 0 saturated carbocycles. The third-order valence-electron chi connectivity index (χ3n) is 2.48. The highest BCUT2D eigenvalue weighted by Gasteiger charge is 2.07. The minimum Gasteiger partial charge on any atom is -0.456 e. The van der Waals surface area contributed by atoms with Crippen molar-refractivity contribution in [3.05, 3.63) is 58.1 Å². The van der Waals surface area contributed by atoms with Crippen molar-refractivity contribution in [2.45, 2.75) is 13.0 Å². The highest BCUT2D eigenvalue weighted by atomic mass is 35.5. The van der Waals surface area contributed by atoms with Crippen LogP contribution in [0, 0.1) is 0 Å². The highest BCUT2D eigenvalue weighted by molar-refractivity contribution is 6.32. The summed E-state index contributed by atoms with van der Waals surface area (Å²) in [5.41, 5.74) is 0.753. The second-order valence-corrected chi connectivity index (χ2v) is 4.77. The van der Waals surface area contributed by atoms with Crippen LogP contribution in [0.4, 0.5) is 0 Å². The molecule has 0 aliphatic rings. The molecule has 4 heteroatoms. The molecule has 0 bridgehead atoms. The predicted molar refractivity (Wildman–Crippen MR) is 73.6 cm³/mol. The average Bonchev–Trinajstić information content (AvgIpc) is 2.34. The van der Waals surface area contributed by atoms with Crippen LogP contribution in [0.3, 0.4) is 0 Å². The van der Waals surface area contributed by atoms with Gasteiger partial charge in [-0.2, -0.15) is 0 Å². The zero-order valence-corrected chi connectivity index (χ0v) is 11.2. The summed E-state index contributed by atoms with van der Waals surface area (Å²) in [5, 5.41) is 10.6. The molecule has 1 N–H and O–H groups in total. The Bertz CT molecular complexity index is 536. The zero-order chi connectivity index (χ0) is 13.1. The Morgan fingerprint density at radius 1 is 1.06 bits per heavy atom. The van der Waals surface area contributed by atoms with Crippen LogP contribution in [0.2, 0.25) is 10.0 Å². The van der Waals surface area contributed by atoms with Crippen LogP contribution in [0.15, 0.2) is 42.5 Å². The van der Waals surface area contributed by atoms with Crippen LogP contribution < -0.4 is 4.74 Å². The number of halogens is 2. The lowest BCUT2D eigenvalue weighted by molar-refractivity contribution is 0.199. The number of benzene rings is 2. The second kappa shape index (κ2) is 5.61. The summed E-state index contributed by atoms with van der Waals surface area (Å²) in [6.45, 7) is 1.69. The highest BCUT2D eigenvalue weighted by Crippen LogP contribution is 2.32. The van der Waals surface area contributed by atoms with E-state index in [1.165, 1.54) is 0 Å². The molecule has 0 spiro atoms. The minimum atomic E-state index is -0.549. The van der Waals surface area contributed by atoms with Gasteiger partial charge in [0.05, 0.1) is 11.1 Å². The summed E-state index contributed by atoms with van der Waals surface area (Å²) in [5.74, 6) is 1.20. The Morgan fingerprint density at radius 3 is 2.28 bits per heavy atom. The van der Waals surface area contributed by atoms with Crippen molar-refractivity contribution >= 4 is 23.2 Å². The summed E-state index contributed by atoms with van der Waals surface area (Å²) in [4.78, 5) is 0. The average molecular weight is 283 g/mol. The summed E-state index contributed by atoms with van der Waals surface area (Å²) in [6, 6.07) is 12.2. The van der Waals surface area contributed by atoms with Gasteiger partial charge in [0.25, 0.3) is 0 Å². The van der Waals surface area contributed by atoms with Crippen LogP contribution in [0.1, 0.15) is 18.6 Å². The van der Waals surface area contributed by atoms with Crippen molar-refractivity contribution in [1.82, 2.24) is 0 Å². The third kappa shape index (κ3) is 3.16. The number of ether oxygens (including phenoxy) is 1. The monoisotopic (exact) mass is 282 g/mol. The molecule has 0 fully saturated rings. The Kier molecular flexibility index (Phi) is 4.12. The first-order valence-corrected chi connectivity index (χ1v) is 6.23. The van der Waals surface area contributed by atoms with Crippen LogP contribution in [0.5, 0.6) is 11.5 Å². The molecule has 0 amide bonds. The van der Waals surface area contributed by atoms with Gasteiger partial charge >= 0.3 is 0 Å². The molecule has 94 valence electrons. The lowest BCUT2D eigenvalue weighted by Gasteiger charge is -2.10. The Balaban J connectivity index is 2.22. The fraction of sp³-hybridized carbons (Fsp3) is 0.143. The maximum Gasteiger partial charge on any atom is 0.146 e. The van der Waals surface area contributed by atoms with E-state index in [-0.39, 0.29) is 0 Å². The number of rotatable bonds is 3. The van der Waals surface area contributed by atoms with Crippen molar-refractivity contribution in [1.29, 1.82) is 0 Å². The van der Waals surface area contributed by atoms with E-state index in [0.29, 0.717) is 21.5 Å². The van der Waals surface area contributed by atoms with E-state index < -0.39 is 6.10 Å². The molecule has 0 saturated heterocycles. The van der Waals surface area contributed by atoms with E-state index in [9.17, 15) is 5.11 Å². The molecule has 0 unspecified atom stereocenters. The topological polar surface area (TPSA) is 29.5 Å². The summed E-state index contributed by atoms with van der Waals surface area (Å²) in [7, 11) is 0. The molecule has 0 heterocycles. The van der Waals surface area contributed by atoms with Crippen molar-refractivity contribution in [2.75, 3.05) is 0 Å². The quantitative estimate of drug-likeness (QED) is 0.873. The molecule has 2 aromatic carbocycles. The number of aliphatic hydroxyl groups is 1. The van der Waals surface area contributed by atoms with E-state index in [1.54, 1.807) is 49.4 Å². The van der Waals surface area contributed by atoms with Crippen molar-refractivity contribution < 1.29 is 9.84 Å². The van der Waals surface area contributed by atoms with E-state index in [4.69, 9.17) is 27.9 Å². The fourth-order valence-electron chi connectivity index (χ4n) is 1.49. The van der Waals surface area contributed by atoms with E-state index >= 15 is 0 Å². The van der Waals surface area contributed by atoms with Gasteiger partial charge in [-0.1, -0.05) is 29.3 Å². The minimum absolute atomic E-state index is 0.461. The molecule has 2 nitrogen and oxygen atoms in total. The number of aliphatic hydroxyl groups excluding tert-OH is 1. The number of hydrogen-bond acceptors (Lipinski definition) is 2. The van der Waals surface area contributed by atoms with E-state index in [2.05, 4.69) is 0 Å². The van der Waals surface area contributed by atoms with Gasteiger partial charge < -0.3 is 9.84 Å². The van der Waals surface area contributed by atoms with Gasteiger partial charge in [-0.05, 0) is 48.9 Å². The fourth-order valence-corrected chi connectivity index (χ4v) is 1.84. The third-order valence-corrected chi connectivity index (χ3v) is 3.03. The Morgan fingerprint density at radius 2 is 1.72 bits per heavy atom. The largest absolute Gasteiger partial charge is 0.456 e. The van der Waals surface area contributed by atoms with Crippen molar-refractivity contribution in [2.24, 2.45) is 0 Å². The molecular formula is C14H12Cl2O2. The Labute approximate surface area is 116 Å². The molecular weight excluding hydrogens is 271 g/mol. The normalized spacial score (nSPS) is 12.2. The standard InChI is InChI=1S/C14H12Cl2O2/c1-9(17)10-2-7-14(13(16)8-10)18-12-5-3-11(15)4-6-12/h2-9,17H,1H3/t9-/m1/s1. The maximum absolute atomic E-state index is 9.45. The molecule has 0 aliphatic carbocycles. The molecule has 0 aliphatic heterocycles. The van der Waals surface area contributed by atoms with Crippen LogP contribution in [-0.4, -0.2) is 5.11 Å². The lowest BCUT2D eigenvalue weighted by atomic mass is 10.1. The van der Waals surface area contributed by atoms with Gasteiger partial charge in [0.15, 0.2) is 0 Å². The second-order valence-electron chi connectivity index (χ2n) is 3.92. The van der Waals surface area contributed by atoms with Crippen LogP contribution in [0.25, 0.3) is 0 Å². The van der Waals surface area contributed by atoms with Crippen molar-refractivity contribution in [3.63, 3.8) is 0 Å². The summed E-state index contributed by atoms with van der Waals surface area (Å²) in [6.07, 6.45) is -0.549.